The van der Waals surface area contributed by atoms with Gasteiger partial charge in [0.1, 0.15) is 0 Å². The van der Waals surface area contributed by atoms with Crippen molar-refractivity contribution < 1.29 is 9.18 Å². The van der Waals surface area contributed by atoms with Crippen molar-refractivity contribution in [3.8, 4) is 0 Å². The third-order valence-corrected chi connectivity index (χ3v) is 5.36. The van der Waals surface area contributed by atoms with Gasteiger partial charge in [0.15, 0.2) is 5.82 Å². The number of carbonyl (C=O) groups is 1. The molecule has 3 aliphatic rings. The fourth-order valence-corrected chi connectivity index (χ4v) is 4.02. The number of hydrogen-bond acceptors (Lipinski definition) is 4. The van der Waals surface area contributed by atoms with E-state index < -0.39 is 5.82 Å². The Labute approximate surface area is 146 Å². The molecule has 1 N–H and O–H groups in total. The monoisotopic (exact) mass is 343 g/mol. The number of amides is 1. The zero-order valence-electron chi connectivity index (χ0n) is 14.3. The largest absolute Gasteiger partial charge is 0.348 e. The molecule has 2 aromatic rings. The average Bonchev–Trinajstić information content (AvgIpc) is 2.82. The molecule has 0 aliphatic carbocycles. The Bertz CT molecular complexity index is 776. The summed E-state index contributed by atoms with van der Waals surface area (Å²) in [7, 11) is 0. The highest BCUT2D eigenvalue weighted by atomic mass is 19.1. The van der Waals surface area contributed by atoms with Crippen molar-refractivity contribution in [3.63, 3.8) is 0 Å². The second-order valence-corrected chi connectivity index (χ2v) is 7.08. The van der Waals surface area contributed by atoms with E-state index in [0.717, 1.165) is 50.1 Å². The van der Waals surface area contributed by atoms with Crippen LogP contribution in [-0.2, 0) is 6.54 Å². The lowest BCUT2D eigenvalue weighted by atomic mass is 9.94. The maximum absolute atomic E-state index is 14.0. The van der Waals surface area contributed by atoms with Crippen LogP contribution < -0.4 is 0 Å². The molecule has 0 unspecified atom stereocenters. The molecule has 5 rings (SSSR count). The molecule has 0 radical (unpaired) electrons. The Morgan fingerprint density at radius 3 is 3.00 bits per heavy atom. The van der Waals surface area contributed by atoms with Crippen molar-refractivity contribution in [2.75, 3.05) is 19.6 Å². The Morgan fingerprint density at radius 2 is 2.24 bits per heavy atom. The molecule has 2 aromatic heterocycles. The highest BCUT2D eigenvalue weighted by molar-refractivity contribution is 5.94. The van der Waals surface area contributed by atoms with E-state index >= 15 is 0 Å². The molecule has 3 saturated heterocycles. The van der Waals surface area contributed by atoms with Gasteiger partial charge in [0.2, 0.25) is 0 Å². The predicted molar refractivity (Wildman–Crippen MR) is 90.3 cm³/mol. The summed E-state index contributed by atoms with van der Waals surface area (Å²) >= 11 is 0. The van der Waals surface area contributed by atoms with Gasteiger partial charge in [0, 0.05) is 44.1 Å². The number of imidazole rings is 1. The minimum Gasteiger partial charge on any atom is -0.348 e. The maximum Gasteiger partial charge on any atom is 0.257 e. The van der Waals surface area contributed by atoms with Crippen molar-refractivity contribution in [2.24, 2.45) is 5.92 Å². The summed E-state index contributed by atoms with van der Waals surface area (Å²) in [6.07, 6.45) is 6.39. The number of halogens is 1. The molecule has 0 spiro atoms. The summed E-state index contributed by atoms with van der Waals surface area (Å²) in [5.41, 5.74) is 2.26. The van der Waals surface area contributed by atoms with E-state index in [4.69, 9.17) is 0 Å². The van der Waals surface area contributed by atoms with Gasteiger partial charge in [-0.3, -0.25) is 14.7 Å². The Hall–Kier alpha value is -2.28. The topological polar surface area (TPSA) is 65.1 Å². The fraction of sp³-hybridized carbons (Fsp3) is 0.500. The van der Waals surface area contributed by atoms with Crippen LogP contribution in [0.4, 0.5) is 4.39 Å². The Kier molecular flexibility index (Phi) is 4.25. The summed E-state index contributed by atoms with van der Waals surface area (Å²) < 4.78 is 14.0. The van der Waals surface area contributed by atoms with Gasteiger partial charge in [0.25, 0.3) is 5.91 Å². The molecule has 7 heteroatoms. The third-order valence-electron chi connectivity index (χ3n) is 5.36. The lowest BCUT2D eigenvalue weighted by molar-refractivity contribution is 0.0580. The van der Waals surface area contributed by atoms with Crippen LogP contribution in [0, 0.1) is 18.7 Å². The number of aromatic nitrogens is 3. The minimum absolute atomic E-state index is 0.122. The molecule has 2 atom stereocenters. The quantitative estimate of drug-likeness (QED) is 0.926. The average molecular weight is 343 g/mol. The molecule has 0 saturated carbocycles. The van der Waals surface area contributed by atoms with Crippen LogP contribution >= 0.6 is 0 Å². The van der Waals surface area contributed by atoms with Crippen molar-refractivity contribution in [1.82, 2.24) is 24.8 Å². The molecular formula is C18H22FN5O. The first-order valence-electron chi connectivity index (χ1n) is 8.73. The molecule has 2 bridgehead atoms. The van der Waals surface area contributed by atoms with Crippen LogP contribution in [-0.4, -0.2) is 56.3 Å². The number of piperidine rings is 1. The van der Waals surface area contributed by atoms with Crippen molar-refractivity contribution >= 4 is 5.91 Å². The molecular weight excluding hydrogens is 321 g/mol. The van der Waals surface area contributed by atoms with Gasteiger partial charge in [-0.15, -0.1) is 0 Å². The standard InChI is InChI=1S/C18H22FN5O/c1-12-17(22-11-21-12)10-23-7-13-2-3-14(9-23)24(8-13)18(25)15-4-5-20-6-16(15)19/h4-6,11,13-14H,2-3,7-10H2,1H3,(H,21,22)/t13-,14+/m1/s1. The number of aromatic amines is 1. The van der Waals surface area contributed by atoms with Crippen LogP contribution in [0.5, 0.6) is 0 Å². The second kappa shape index (κ2) is 6.55. The van der Waals surface area contributed by atoms with E-state index in [0.29, 0.717) is 12.5 Å². The second-order valence-electron chi connectivity index (χ2n) is 7.08. The number of pyridine rings is 1. The normalized spacial score (nSPS) is 23.7. The number of aryl methyl sites for hydroxylation is 1. The third kappa shape index (κ3) is 3.16. The summed E-state index contributed by atoms with van der Waals surface area (Å²) in [5, 5.41) is 0. The summed E-state index contributed by atoms with van der Waals surface area (Å²) in [4.78, 5) is 28.3. The lowest BCUT2D eigenvalue weighted by Crippen LogP contribution is -2.47. The van der Waals surface area contributed by atoms with Gasteiger partial charge in [-0.2, -0.15) is 0 Å². The van der Waals surface area contributed by atoms with Crippen molar-refractivity contribution in [3.05, 3.63) is 47.6 Å². The number of fused-ring (bicyclic) bond motifs is 4. The maximum atomic E-state index is 14.0. The molecule has 25 heavy (non-hydrogen) atoms. The zero-order chi connectivity index (χ0) is 17.4. The molecule has 3 aliphatic heterocycles. The number of rotatable bonds is 3. The molecule has 6 nitrogen and oxygen atoms in total. The number of nitrogens with zero attached hydrogens (tertiary/aromatic N) is 4. The predicted octanol–water partition coefficient (Wildman–Crippen LogP) is 1.99. The highest BCUT2D eigenvalue weighted by Gasteiger charge is 2.38. The van der Waals surface area contributed by atoms with E-state index in [9.17, 15) is 9.18 Å². The van der Waals surface area contributed by atoms with Gasteiger partial charge in [-0.25, -0.2) is 9.37 Å². The fourth-order valence-electron chi connectivity index (χ4n) is 4.02. The molecule has 0 aromatic carbocycles. The van der Waals surface area contributed by atoms with Crippen LogP contribution in [0.2, 0.25) is 0 Å². The van der Waals surface area contributed by atoms with Crippen molar-refractivity contribution in [1.29, 1.82) is 0 Å². The molecule has 1 amide bonds. The van der Waals surface area contributed by atoms with E-state index in [-0.39, 0.29) is 17.5 Å². The number of carbonyl (C=O) groups excluding carboxylic acids is 1. The number of nitrogens with one attached hydrogen (secondary N) is 1. The summed E-state index contributed by atoms with van der Waals surface area (Å²) in [6.45, 7) is 5.26. The smallest absolute Gasteiger partial charge is 0.257 e. The highest BCUT2D eigenvalue weighted by Crippen LogP contribution is 2.30. The van der Waals surface area contributed by atoms with Gasteiger partial charge in [0.05, 0.1) is 23.8 Å². The SMILES string of the molecule is Cc1[nH]cnc1CN1C[C@H]2CC[C@@H](C1)N(C(=O)c1ccncc1F)C2. The van der Waals surface area contributed by atoms with Gasteiger partial charge < -0.3 is 9.88 Å². The molecule has 5 heterocycles. The van der Waals surface area contributed by atoms with Crippen LogP contribution in [0.1, 0.15) is 34.6 Å². The van der Waals surface area contributed by atoms with E-state index in [1.807, 2.05) is 11.8 Å². The molecule has 3 fully saturated rings. The Balaban J connectivity index is 1.52. The number of H-pyrrole nitrogens is 1. The van der Waals surface area contributed by atoms with E-state index in [1.54, 1.807) is 6.33 Å². The number of hydrogen-bond donors (Lipinski definition) is 1. The van der Waals surface area contributed by atoms with Crippen LogP contribution in [0.3, 0.4) is 0 Å². The van der Waals surface area contributed by atoms with E-state index in [2.05, 4.69) is 19.9 Å². The lowest BCUT2D eigenvalue weighted by Gasteiger charge is -2.36. The first kappa shape index (κ1) is 16.2. The zero-order valence-corrected chi connectivity index (χ0v) is 14.3. The van der Waals surface area contributed by atoms with Gasteiger partial charge >= 0.3 is 0 Å². The van der Waals surface area contributed by atoms with Gasteiger partial charge in [-0.1, -0.05) is 0 Å². The first-order valence-corrected chi connectivity index (χ1v) is 8.73. The first-order chi connectivity index (χ1) is 12.1. The van der Waals surface area contributed by atoms with Gasteiger partial charge in [-0.05, 0) is 31.7 Å². The Morgan fingerprint density at radius 1 is 1.36 bits per heavy atom. The van der Waals surface area contributed by atoms with Crippen molar-refractivity contribution in [2.45, 2.75) is 32.4 Å². The van der Waals surface area contributed by atoms with Crippen LogP contribution in [0.25, 0.3) is 0 Å². The summed E-state index contributed by atoms with van der Waals surface area (Å²) in [6, 6.07) is 1.60. The summed E-state index contributed by atoms with van der Waals surface area (Å²) in [5.74, 6) is -0.337. The van der Waals surface area contributed by atoms with E-state index in [1.165, 1.54) is 12.3 Å². The van der Waals surface area contributed by atoms with Crippen LogP contribution in [0.15, 0.2) is 24.8 Å². The molecule has 132 valence electrons. The minimum atomic E-state index is -0.545.